The maximum atomic E-state index is 14.0. The Morgan fingerprint density at radius 3 is 2.44 bits per heavy atom. The predicted octanol–water partition coefficient (Wildman–Crippen LogP) is 6.06. The van der Waals surface area contributed by atoms with Crippen LogP contribution in [0.2, 0.25) is 0 Å². The van der Waals surface area contributed by atoms with E-state index >= 15 is 0 Å². The summed E-state index contributed by atoms with van der Waals surface area (Å²) in [5.41, 5.74) is 16.1. The number of amides is 1. The van der Waals surface area contributed by atoms with Crippen molar-refractivity contribution in [2.45, 2.75) is 51.5 Å². The van der Waals surface area contributed by atoms with E-state index in [0.29, 0.717) is 26.1 Å². The molecule has 43 heavy (non-hydrogen) atoms. The van der Waals surface area contributed by atoms with Crippen molar-refractivity contribution in [3.05, 3.63) is 108 Å². The molecule has 1 amide bonds. The largest absolute Gasteiger partial charge is 0.493 e. The molecule has 7 nitrogen and oxygen atoms in total. The average Bonchev–Trinajstić information content (AvgIpc) is 3.12. The van der Waals surface area contributed by atoms with Crippen molar-refractivity contribution in [3.63, 3.8) is 0 Å². The first-order valence-corrected chi connectivity index (χ1v) is 15.2. The lowest BCUT2D eigenvalue weighted by molar-refractivity contribution is -0.119. The van der Waals surface area contributed by atoms with E-state index < -0.39 is 6.04 Å². The van der Waals surface area contributed by atoms with Gasteiger partial charge in [-0.05, 0) is 66.3 Å². The first kappa shape index (κ1) is 29.8. The molecule has 1 aliphatic rings. The van der Waals surface area contributed by atoms with Crippen LogP contribution in [0.5, 0.6) is 5.75 Å². The molecule has 0 saturated carbocycles. The summed E-state index contributed by atoms with van der Waals surface area (Å²) in [6.45, 7) is 3.77. The van der Waals surface area contributed by atoms with Gasteiger partial charge in [-0.3, -0.25) is 14.8 Å². The topological polar surface area (TPSA) is 106 Å². The molecule has 1 atom stereocenters. The molecule has 0 radical (unpaired) electrons. The Balaban J connectivity index is 1.41. The number of nitrogens with zero attached hydrogens (tertiary/aromatic N) is 3. The molecular weight excluding hydrogens is 534 g/mol. The highest BCUT2D eigenvalue weighted by Crippen LogP contribution is 2.32. The number of benzodiazepines with no additional fused rings is 1. The summed E-state index contributed by atoms with van der Waals surface area (Å²) < 4.78 is 6.21. The Bertz CT molecular complexity index is 1590. The Labute approximate surface area is 254 Å². The van der Waals surface area contributed by atoms with E-state index in [9.17, 15) is 4.79 Å². The van der Waals surface area contributed by atoms with Crippen molar-refractivity contribution in [2.75, 3.05) is 24.6 Å². The number of nitrogens with two attached hydrogens (primary N) is 2. The van der Waals surface area contributed by atoms with Crippen LogP contribution in [0.3, 0.4) is 0 Å². The average molecular weight is 576 g/mol. The standard InChI is InChI=1S/C36H41N5O2/c1-2-41-34-19-18-30(43-22-20-26-11-5-3-6-12-26)25-31(34)32(15-7-4-10-21-39-36(37)38)40-33(35(41)42)24-27-16-17-28-13-8-9-14-29(28)23-27/h3,5-6,8-9,11-14,16-19,23,25,33H,2,4,7,10,15,20-22,24H2,1H3,(H4,37,38,39)/t33-/m1/s1. The molecule has 5 rings (SSSR count). The highest BCUT2D eigenvalue weighted by Gasteiger charge is 2.31. The molecule has 4 aromatic rings. The summed E-state index contributed by atoms with van der Waals surface area (Å²) in [7, 11) is 0. The molecule has 1 heterocycles. The van der Waals surface area contributed by atoms with Crippen molar-refractivity contribution in [1.29, 1.82) is 0 Å². The number of carbonyl (C=O) groups excluding carboxylic acids is 1. The first-order chi connectivity index (χ1) is 21.0. The van der Waals surface area contributed by atoms with Crippen molar-refractivity contribution in [2.24, 2.45) is 21.5 Å². The van der Waals surface area contributed by atoms with Gasteiger partial charge in [-0.2, -0.15) is 0 Å². The fraction of sp³-hybridized carbons (Fsp3) is 0.306. The number of guanidine groups is 1. The SMILES string of the molecule is CCN1C(=O)[C@@H](Cc2ccc3ccccc3c2)N=C(CCCCCN=C(N)N)c2cc(OCCc3ccccc3)ccc21. The van der Waals surface area contributed by atoms with E-state index in [-0.39, 0.29) is 11.9 Å². The van der Waals surface area contributed by atoms with Gasteiger partial charge in [-0.1, -0.05) is 79.2 Å². The fourth-order valence-electron chi connectivity index (χ4n) is 5.65. The molecule has 1 aliphatic heterocycles. The highest BCUT2D eigenvalue weighted by molar-refractivity contribution is 6.13. The van der Waals surface area contributed by atoms with Gasteiger partial charge in [0, 0.05) is 37.2 Å². The zero-order valence-electron chi connectivity index (χ0n) is 24.9. The molecular formula is C36H41N5O2. The smallest absolute Gasteiger partial charge is 0.252 e. The normalized spacial score (nSPS) is 14.6. The summed E-state index contributed by atoms with van der Waals surface area (Å²) in [5.74, 6) is 0.931. The lowest BCUT2D eigenvalue weighted by Crippen LogP contribution is -2.38. The number of likely N-dealkylation sites (N-methyl/N-ethyl adjacent to an activating group) is 1. The van der Waals surface area contributed by atoms with E-state index in [1.54, 1.807) is 0 Å². The molecule has 0 aromatic heterocycles. The summed E-state index contributed by atoms with van der Waals surface area (Å²) in [5, 5.41) is 2.35. The summed E-state index contributed by atoms with van der Waals surface area (Å²) in [6, 6.07) is 30.6. The second kappa shape index (κ2) is 14.5. The number of hydrogen-bond donors (Lipinski definition) is 2. The van der Waals surface area contributed by atoms with E-state index in [1.165, 1.54) is 16.3 Å². The monoisotopic (exact) mass is 575 g/mol. The Morgan fingerprint density at radius 1 is 0.860 bits per heavy atom. The lowest BCUT2D eigenvalue weighted by atomic mass is 10.0. The van der Waals surface area contributed by atoms with Crippen LogP contribution in [-0.2, 0) is 17.6 Å². The van der Waals surface area contributed by atoms with Crippen LogP contribution in [0.15, 0.2) is 101 Å². The van der Waals surface area contributed by atoms with Gasteiger partial charge in [0.05, 0.1) is 12.3 Å². The van der Waals surface area contributed by atoms with Crippen LogP contribution < -0.4 is 21.1 Å². The Morgan fingerprint density at radius 2 is 1.65 bits per heavy atom. The maximum Gasteiger partial charge on any atom is 0.252 e. The second-order valence-corrected chi connectivity index (χ2v) is 10.9. The third kappa shape index (κ3) is 7.80. The highest BCUT2D eigenvalue weighted by atomic mass is 16.5. The zero-order chi connectivity index (χ0) is 30.0. The van der Waals surface area contributed by atoms with Crippen LogP contribution in [0, 0.1) is 0 Å². The number of aliphatic imine (C=N–C) groups is 2. The molecule has 0 aliphatic carbocycles. The third-order valence-electron chi connectivity index (χ3n) is 7.86. The number of anilines is 1. The molecule has 0 saturated heterocycles. The van der Waals surface area contributed by atoms with Gasteiger partial charge in [-0.25, -0.2) is 0 Å². The van der Waals surface area contributed by atoms with Gasteiger partial charge in [0.2, 0.25) is 0 Å². The number of rotatable bonds is 13. The Kier molecular flexibility index (Phi) is 10.1. The van der Waals surface area contributed by atoms with Crippen molar-refractivity contribution in [3.8, 4) is 5.75 Å². The van der Waals surface area contributed by atoms with Crippen LogP contribution in [0.1, 0.15) is 49.3 Å². The van der Waals surface area contributed by atoms with E-state index in [0.717, 1.165) is 60.4 Å². The van der Waals surface area contributed by atoms with Gasteiger partial charge in [0.1, 0.15) is 11.8 Å². The summed E-state index contributed by atoms with van der Waals surface area (Å²) in [6.07, 6.45) is 4.88. The van der Waals surface area contributed by atoms with Crippen LogP contribution in [0.25, 0.3) is 10.8 Å². The van der Waals surface area contributed by atoms with Crippen LogP contribution in [0.4, 0.5) is 5.69 Å². The number of ether oxygens (including phenoxy) is 1. The molecule has 222 valence electrons. The molecule has 0 fully saturated rings. The van der Waals surface area contributed by atoms with Gasteiger partial charge in [0.15, 0.2) is 5.96 Å². The fourth-order valence-corrected chi connectivity index (χ4v) is 5.65. The van der Waals surface area contributed by atoms with Crippen molar-refractivity contribution >= 4 is 34.0 Å². The van der Waals surface area contributed by atoms with E-state index in [2.05, 4.69) is 53.5 Å². The quantitative estimate of drug-likeness (QED) is 0.115. The molecule has 0 bridgehead atoms. The van der Waals surface area contributed by atoms with E-state index in [1.807, 2.05) is 54.3 Å². The molecule has 4 N–H and O–H groups in total. The minimum absolute atomic E-state index is 0.0254. The zero-order valence-corrected chi connectivity index (χ0v) is 24.9. The van der Waals surface area contributed by atoms with Crippen LogP contribution in [-0.4, -0.2) is 43.3 Å². The minimum Gasteiger partial charge on any atom is -0.493 e. The Hall–Kier alpha value is -4.65. The van der Waals surface area contributed by atoms with Crippen molar-refractivity contribution in [1.82, 2.24) is 0 Å². The lowest BCUT2D eigenvalue weighted by Gasteiger charge is -2.24. The number of unbranched alkanes of at least 4 members (excludes halogenated alkanes) is 2. The minimum atomic E-state index is -0.507. The summed E-state index contributed by atoms with van der Waals surface area (Å²) >= 11 is 0. The second-order valence-electron chi connectivity index (χ2n) is 10.9. The molecule has 7 heteroatoms. The number of benzene rings is 4. The van der Waals surface area contributed by atoms with Gasteiger partial charge >= 0.3 is 0 Å². The number of fused-ring (bicyclic) bond motifs is 2. The van der Waals surface area contributed by atoms with Crippen LogP contribution >= 0.6 is 0 Å². The number of hydrogen-bond acceptors (Lipinski definition) is 4. The maximum absolute atomic E-state index is 14.0. The van der Waals surface area contributed by atoms with Crippen molar-refractivity contribution < 1.29 is 9.53 Å². The molecule has 0 spiro atoms. The molecule has 0 unspecified atom stereocenters. The van der Waals surface area contributed by atoms with Gasteiger partial charge in [-0.15, -0.1) is 0 Å². The number of carbonyl (C=O) groups is 1. The molecule has 4 aromatic carbocycles. The predicted molar refractivity (Wildman–Crippen MR) is 177 cm³/mol. The third-order valence-corrected chi connectivity index (χ3v) is 7.86. The van der Waals surface area contributed by atoms with Gasteiger partial charge in [0.25, 0.3) is 5.91 Å². The first-order valence-electron chi connectivity index (χ1n) is 15.2. The van der Waals surface area contributed by atoms with E-state index in [4.69, 9.17) is 21.2 Å². The summed E-state index contributed by atoms with van der Waals surface area (Å²) in [4.78, 5) is 25.2. The van der Waals surface area contributed by atoms with Gasteiger partial charge < -0.3 is 21.1 Å².